The van der Waals surface area contributed by atoms with Crippen LogP contribution in [-0.2, 0) is 11.4 Å². The first kappa shape index (κ1) is 13.7. The van der Waals surface area contributed by atoms with E-state index >= 15 is 0 Å². The standard InChI is InChI=1S/C22H17NO/c1-3-12-19-16(7-1)9-5-11-18(19)15-23-22(24-23)21-14-6-10-17-8-2-4-13-20(17)21/h1-14,22H,15H2. The molecule has 0 spiro atoms. The van der Waals surface area contributed by atoms with E-state index in [9.17, 15) is 0 Å². The van der Waals surface area contributed by atoms with Crippen molar-refractivity contribution >= 4 is 21.5 Å². The van der Waals surface area contributed by atoms with Crippen LogP contribution in [-0.4, -0.2) is 5.06 Å². The van der Waals surface area contributed by atoms with Crippen molar-refractivity contribution in [3.05, 3.63) is 96.1 Å². The van der Waals surface area contributed by atoms with Gasteiger partial charge in [0.1, 0.15) is 0 Å². The third-order valence-electron chi connectivity index (χ3n) is 4.75. The second kappa shape index (κ2) is 5.45. The lowest BCUT2D eigenvalue weighted by atomic mass is 10.0. The van der Waals surface area contributed by atoms with Crippen molar-refractivity contribution < 1.29 is 4.84 Å². The number of fused-ring (bicyclic) bond motifs is 2. The van der Waals surface area contributed by atoms with Crippen molar-refractivity contribution in [2.24, 2.45) is 0 Å². The molecule has 2 unspecified atom stereocenters. The zero-order chi connectivity index (χ0) is 15.9. The maximum Gasteiger partial charge on any atom is 0.180 e. The second-order valence-electron chi connectivity index (χ2n) is 6.24. The van der Waals surface area contributed by atoms with E-state index in [4.69, 9.17) is 4.84 Å². The topological polar surface area (TPSA) is 15.5 Å². The van der Waals surface area contributed by atoms with Crippen LogP contribution < -0.4 is 0 Å². The summed E-state index contributed by atoms with van der Waals surface area (Å²) in [7, 11) is 0. The maximum atomic E-state index is 5.90. The predicted molar refractivity (Wildman–Crippen MR) is 97.3 cm³/mol. The van der Waals surface area contributed by atoms with Gasteiger partial charge in [-0.3, -0.25) is 4.84 Å². The van der Waals surface area contributed by atoms with Gasteiger partial charge in [0, 0.05) is 5.56 Å². The third kappa shape index (κ3) is 2.28. The van der Waals surface area contributed by atoms with Crippen molar-refractivity contribution in [3.8, 4) is 0 Å². The van der Waals surface area contributed by atoms with E-state index in [1.54, 1.807) is 0 Å². The molecule has 116 valence electrons. The number of benzene rings is 4. The lowest BCUT2D eigenvalue weighted by Gasteiger charge is -2.06. The van der Waals surface area contributed by atoms with Crippen molar-refractivity contribution in [2.45, 2.75) is 12.8 Å². The van der Waals surface area contributed by atoms with E-state index in [2.05, 4.69) is 90.0 Å². The van der Waals surface area contributed by atoms with Crippen LogP contribution in [0.15, 0.2) is 84.9 Å². The summed E-state index contributed by atoms with van der Waals surface area (Å²) < 4.78 is 0. The molecule has 1 fully saturated rings. The van der Waals surface area contributed by atoms with Crippen LogP contribution >= 0.6 is 0 Å². The minimum atomic E-state index is 0.0510. The lowest BCUT2D eigenvalue weighted by Crippen LogP contribution is -1.99. The van der Waals surface area contributed by atoms with Gasteiger partial charge >= 0.3 is 0 Å². The molecule has 2 nitrogen and oxygen atoms in total. The van der Waals surface area contributed by atoms with E-state index < -0.39 is 0 Å². The summed E-state index contributed by atoms with van der Waals surface area (Å²) in [5.74, 6) is 0. The Morgan fingerprint density at radius 2 is 1.29 bits per heavy atom. The SMILES string of the molecule is c1ccc2c(CN3OC3c3cccc4ccccc34)cccc2c1. The Bertz CT molecular complexity index is 1030. The van der Waals surface area contributed by atoms with Crippen LogP contribution in [0.4, 0.5) is 0 Å². The lowest BCUT2D eigenvalue weighted by molar-refractivity contribution is 0.192. The Morgan fingerprint density at radius 1 is 0.667 bits per heavy atom. The fourth-order valence-electron chi connectivity index (χ4n) is 3.50. The van der Waals surface area contributed by atoms with E-state index in [1.807, 2.05) is 0 Å². The van der Waals surface area contributed by atoms with Crippen LogP contribution in [0, 0.1) is 0 Å². The van der Waals surface area contributed by atoms with Crippen molar-refractivity contribution in [1.29, 1.82) is 0 Å². The van der Waals surface area contributed by atoms with Gasteiger partial charge in [-0.2, -0.15) is 0 Å². The minimum Gasteiger partial charge on any atom is -0.270 e. The molecule has 4 aromatic rings. The van der Waals surface area contributed by atoms with Gasteiger partial charge in [0.2, 0.25) is 0 Å². The summed E-state index contributed by atoms with van der Waals surface area (Å²) in [5, 5.41) is 7.16. The fraction of sp³-hybridized carbons (Fsp3) is 0.0909. The van der Waals surface area contributed by atoms with Crippen LogP contribution in [0.2, 0.25) is 0 Å². The van der Waals surface area contributed by atoms with Crippen LogP contribution in [0.5, 0.6) is 0 Å². The molecule has 0 aromatic heterocycles. The Morgan fingerprint density at radius 3 is 2.12 bits per heavy atom. The van der Waals surface area contributed by atoms with Crippen LogP contribution in [0.1, 0.15) is 17.4 Å². The van der Waals surface area contributed by atoms with Gasteiger partial charge in [-0.15, -0.1) is 5.06 Å². The van der Waals surface area contributed by atoms with E-state index in [0.717, 1.165) is 6.54 Å². The van der Waals surface area contributed by atoms with Gasteiger partial charge in [-0.25, -0.2) is 0 Å². The molecular weight excluding hydrogens is 294 g/mol. The highest BCUT2D eigenvalue weighted by molar-refractivity contribution is 5.86. The van der Waals surface area contributed by atoms with E-state index in [1.165, 1.54) is 32.7 Å². The summed E-state index contributed by atoms with van der Waals surface area (Å²) in [6, 6.07) is 29.9. The Balaban J connectivity index is 1.46. The summed E-state index contributed by atoms with van der Waals surface area (Å²) in [4.78, 5) is 5.90. The summed E-state index contributed by atoms with van der Waals surface area (Å²) in [6.07, 6.45) is 0.0510. The monoisotopic (exact) mass is 311 g/mol. The summed E-state index contributed by atoms with van der Waals surface area (Å²) in [6.45, 7) is 0.801. The van der Waals surface area contributed by atoms with Gasteiger partial charge in [0.25, 0.3) is 0 Å². The maximum absolute atomic E-state index is 5.90. The molecule has 1 saturated heterocycles. The van der Waals surface area contributed by atoms with E-state index in [-0.39, 0.29) is 6.23 Å². The quantitative estimate of drug-likeness (QED) is 0.468. The number of nitrogens with zero attached hydrogens (tertiary/aromatic N) is 1. The van der Waals surface area contributed by atoms with E-state index in [0.29, 0.717) is 0 Å². The number of hydrogen-bond acceptors (Lipinski definition) is 2. The number of hydroxylamine groups is 2. The molecule has 0 N–H and O–H groups in total. The van der Waals surface area contributed by atoms with Crippen molar-refractivity contribution in [1.82, 2.24) is 5.06 Å². The van der Waals surface area contributed by atoms with Gasteiger partial charge in [-0.1, -0.05) is 84.9 Å². The molecule has 0 saturated carbocycles. The molecule has 0 aliphatic carbocycles. The Hall–Kier alpha value is -2.68. The van der Waals surface area contributed by atoms with Gasteiger partial charge < -0.3 is 0 Å². The predicted octanol–water partition coefficient (Wildman–Crippen LogP) is 5.44. The molecule has 2 atom stereocenters. The molecule has 1 heterocycles. The van der Waals surface area contributed by atoms with Crippen molar-refractivity contribution in [2.75, 3.05) is 0 Å². The van der Waals surface area contributed by atoms with Gasteiger partial charge in [0.05, 0.1) is 6.54 Å². The molecule has 1 aliphatic heterocycles. The average molecular weight is 311 g/mol. The number of hydrogen-bond donors (Lipinski definition) is 0. The Labute approximate surface area is 140 Å². The second-order valence-corrected chi connectivity index (χ2v) is 6.24. The smallest absolute Gasteiger partial charge is 0.180 e. The molecule has 2 heteroatoms. The average Bonchev–Trinajstić information content (AvgIpc) is 3.40. The normalized spacial score (nSPS) is 19.7. The molecular formula is C22H17NO. The number of rotatable bonds is 3. The third-order valence-corrected chi connectivity index (χ3v) is 4.75. The summed E-state index contributed by atoms with van der Waals surface area (Å²) in [5.41, 5.74) is 2.55. The first-order chi connectivity index (χ1) is 11.9. The fourth-order valence-corrected chi connectivity index (χ4v) is 3.50. The highest BCUT2D eigenvalue weighted by Gasteiger charge is 2.38. The van der Waals surface area contributed by atoms with Crippen molar-refractivity contribution in [3.63, 3.8) is 0 Å². The van der Waals surface area contributed by atoms with Crippen LogP contribution in [0.3, 0.4) is 0 Å². The first-order valence-corrected chi connectivity index (χ1v) is 8.28. The molecule has 1 aliphatic rings. The Kier molecular flexibility index (Phi) is 3.12. The zero-order valence-corrected chi connectivity index (χ0v) is 13.2. The molecule has 5 rings (SSSR count). The van der Waals surface area contributed by atoms with Gasteiger partial charge in [-0.05, 0) is 27.1 Å². The molecule has 24 heavy (non-hydrogen) atoms. The molecule has 0 amide bonds. The molecule has 0 bridgehead atoms. The highest BCUT2D eigenvalue weighted by Crippen LogP contribution is 2.42. The highest BCUT2D eigenvalue weighted by atomic mass is 16.8. The molecule has 0 radical (unpaired) electrons. The van der Waals surface area contributed by atoms with Crippen LogP contribution in [0.25, 0.3) is 21.5 Å². The van der Waals surface area contributed by atoms with Gasteiger partial charge in [0.15, 0.2) is 6.23 Å². The minimum absolute atomic E-state index is 0.0510. The summed E-state index contributed by atoms with van der Waals surface area (Å²) >= 11 is 0. The molecule has 4 aromatic carbocycles. The zero-order valence-electron chi connectivity index (χ0n) is 13.2. The first-order valence-electron chi connectivity index (χ1n) is 8.28. The largest absolute Gasteiger partial charge is 0.270 e.